The molecule has 0 bridgehead atoms. The van der Waals surface area contributed by atoms with Gasteiger partial charge < -0.3 is 19.6 Å². The summed E-state index contributed by atoms with van der Waals surface area (Å²) in [4.78, 5) is 25.9. The van der Waals surface area contributed by atoms with E-state index in [4.69, 9.17) is 9.84 Å². The molecule has 0 radical (unpaired) electrons. The monoisotopic (exact) mass is 270 g/mol. The summed E-state index contributed by atoms with van der Waals surface area (Å²) in [7, 11) is 1.75. The molecule has 0 atom stereocenters. The number of carboxylic acids is 1. The largest absolute Gasteiger partial charge is 0.480 e. The maximum atomic E-state index is 12.1. The zero-order valence-electron chi connectivity index (χ0n) is 11.6. The van der Waals surface area contributed by atoms with Crippen molar-refractivity contribution in [3.8, 4) is 0 Å². The first-order valence-corrected chi connectivity index (χ1v) is 6.38. The van der Waals surface area contributed by atoms with Crippen molar-refractivity contribution in [3.05, 3.63) is 12.2 Å². The number of aliphatic carboxylic acids is 1. The van der Waals surface area contributed by atoms with Crippen LogP contribution in [0.1, 0.15) is 19.8 Å². The highest BCUT2D eigenvalue weighted by Crippen LogP contribution is 2.15. The van der Waals surface area contributed by atoms with E-state index < -0.39 is 5.97 Å². The molecule has 2 amide bonds. The zero-order chi connectivity index (χ0) is 14.4. The van der Waals surface area contributed by atoms with Gasteiger partial charge in [0.15, 0.2) is 0 Å². The summed E-state index contributed by atoms with van der Waals surface area (Å²) in [6.07, 6.45) is 1.30. The van der Waals surface area contributed by atoms with E-state index in [9.17, 15) is 9.59 Å². The van der Waals surface area contributed by atoms with E-state index in [2.05, 4.69) is 6.58 Å². The van der Waals surface area contributed by atoms with Gasteiger partial charge in [0.2, 0.25) is 0 Å². The Bertz CT molecular complexity index is 349. The van der Waals surface area contributed by atoms with Gasteiger partial charge in [-0.15, -0.1) is 0 Å². The van der Waals surface area contributed by atoms with Crippen molar-refractivity contribution in [2.75, 3.05) is 33.3 Å². The second-order valence-corrected chi connectivity index (χ2v) is 4.99. The van der Waals surface area contributed by atoms with Crippen molar-refractivity contribution < 1.29 is 19.4 Å². The van der Waals surface area contributed by atoms with Gasteiger partial charge in [-0.1, -0.05) is 12.2 Å². The van der Waals surface area contributed by atoms with Gasteiger partial charge in [0.1, 0.15) is 6.61 Å². The number of carbonyl (C=O) groups excluding carboxylic acids is 1. The molecule has 1 heterocycles. The van der Waals surface area contributed by atoms with Gasteiger partial charge >= 0.3 is 12.0 Å². The van der Waals surface area contributed by atoms with Crippen LogP contribution in [0.4, 0.5) is 4.79 Å². The summed E-state index contributed by atoms with van der Waals surface area (Å²) in [5, 5.41) is 8.54. The fraction of sp³-hybridized carbons (Fsp3) is 0.692. The first kappa shape index (κ1) is 15.5. The average molecular weight is 270 g/mol. The summed E-state index contributed by atoms with van der Waals surface area (Å²) < 4.78 is 5.23. The lowest BCUT2D eigenvalue weighted by Gasteiger charge is -2.34. The quantitative estimate of drug-likeness (QED) is 0.762. The van der Waals surface area contributed by atoms with Gasteiger partial charge in [0, 0.05) is 26.7 Å². The summed E-state index contributed by atoms with van der Waals surface area (Å²) >= 11 is 0. The van der Waals surface area contributed by atoms with Crippen LogP contribution >= 0.6 is 0 Å². The minimum absolute atomic E-state index is 0.0142. The summed E-state index contributed by atoms with van der Waals surface area (Å²) in [6, 6.07) is -0.0142. The molecule has 6 heteroatoms. The fourth-order valence-corrected chi connectivity index (χ4v) is 2.12. The molecule has 19 heavy (non-hydrogen) atoms. The average Bonchev–Trinajstić information content (AvgIpc) is 2.35. The van der Waals surface area contributed by atoms with E-state index >= 15 is 0 Å². The number of carboxylic acid groups (broad SMARTS) is 1. The molecule has 1 N–H and O–H groups in total. The van der Waals surface area contributed by atoms with Gasteiger partial charge in [-0.2, -0.15) is 0 Å². The van der Waals surface area contributed by atoms with E-state index in [-0.39, 0.29) is 18.7 Å². The number of likely N-dealkylation sites (N-methyl/N-ethyl adjacent to an activating group) is 1. The third-order valence-electron chi connectivity index (χ3n) is 2.99. The first-order chi connectivity index (χ1) is 8.90. The number of rotatable bonds is 5. The second kappa shape index (κ2) is 7.13. The molecule has 108 valence electrons. The predicted molar refractivity (Wildman–Crippen MR) is 71.0 cm³/mol. The van der Waals surface area contributed by atoms with Crippen molar-refractivity contribution in [2.45, 2.75) is 25.9 Å². The molecule has 0 spiro atoms. The van der Waals surface area contributed by atoms with Gasteiger partial charge in [0.25, 0.3) is 0 Å². The van der Waals surface area contributed by atoms with Crippen LogP contribution in [0.2, 0.25) is 0 Å². The molecule has 6 nitrogen and oxygen atoms in total. The van der Waals surface area contributed by atoms with Crippen LogP contribution in [-0.2, 0) is 9.53 Å². The fourth-order valence-electron chi connectivity index (χ4n) is 2.12. The van der Waals surface area contributed by atoms with E-state index in [0.717, 1.165) is 5.57 Å². The highest BCUT2D eigenvalue weighted by molar-refractivity contribution is 5.74. The Morgan fingerprint density at radius 2 is 2.00 bits per heavy atom. The Hall–Kier alpha value is -1.56. The maximum Gasteiger partial charge on any atom is 0.329 e. The molecular weight excluding hydrogens is 248 g/mol. The molecule has 1 rings (SSSR count). The highest BCUT2D eigenvalue weighted by atomic mass is 16.5. The molecule has 0 saturated carbocycles. The number of ether oxygens (including phenoxy) is 1. The number of likely N-dealkylation sites (tertiary alicyclic amines) is 1. The van der Waals surface area contributed by atoms with E-state index in [0.29, 0.717) is 32.5 Å². The predicted octanol–water partition coefficient (Wildman–Crippen LogP) is 1.18. The van der Waals surface area contributed by atoms with Crippen molar-refractivity contribution in [1.82, 2.24) is 9.80 Å². The molecule has 0 unspecified atom stereocenters. The van der Waals surface area contributed by atoms with E-state index in [1.165, 1.54) is 0 Å². The van der Waals surface area contributed by atoms with E-state index in [1.54, 1.807) is 16.8 Å². The van der Waals surface area contributed by atoms with Crippen LogP contribution in [0, 0.1) is 0 Å². The van der Waals surface area contributed by atoms with Crippen LogP contribution in [0.25, 0.3) is 0 Å². The number of nitrogens with zero attached hydrogens (tertiary/aromatic N) is 2. The van der Waals surface area contributed by atoms with Crippen molar-refractivity contribution in [2.24, 2.45) is 0 Å². The molecule has 0 aromatic heterocycles. The Morgan fingerprint density at radius 1 is 1.42 bits per heavy atom. The van der Waals surface area contributed by atoms with Crippen molar-refractivity contribution in [1.29, 1.82) is 0 Å². The topological polar surface area (TPSA) is 70.1 Å². The zero-order valence-corrected chi connectivity index (χ0v) is 11.6. The summed E-state index contributed by atoms with van der Waals surface area (Å²) in [5.41, 5.74) is 0.940. The third-order valence-corrected chi connectivity index (χ3v) is 2.99. The summed E-state index contributed by atoms with van der Waals surface area (Å²) in [6.45, 7) is 7.15. The lowest BCUT2D eigenvalue weighted by molar-refractivity contribution is -0.145. The Kier molecular flexibility index (Phi) is 5.82. The molecule has 1 saturated heterocycles. The van der Waals surface area contributed by atoms with Crippen LogP contribution < -0.4 is 0 Å². The van der Waals surface area contributed by atoms with Gasteiger partial charge in [0.05, 0.1) is 6.10 Å². The van der Waals surface area contributed by atoms with Gasteiger partial charge in [-0.3, -0.25) is 0 Å². The van der Waals surface area contributed by atoms with Gasteiger partial charge in [-0.25, -0.2) is 9.59 Å². The van der Waals surface area contributed by atoms with Gasteiger partial charge in [-0.05, 0) is 19.8 Å². The van der Waals surface area contributed by atoms with E-state index in [1.807, 2.05) is 6.92 Å². The number of amides is 2. The Labute approximate surface area is 113 Å². The highest BCUT2D eigenvalue weighted by Gasteiger charge is 2.25. The minimum atomic E-state index is -0.959. The lowest BCUT2D eigenvalue weighted by Crippen LogP contribution is -2.47. The molecule has 1 aliphatic heterocycles. The Balaban J connectivity index is 2.34. The normalized spacial score (nSPS) is 16.2. The maximum absolute atomic E-state index is 12.1. The molecule has 0 aromatic carbocycles. The van der Waals surface area contributed by atoms with Crippen molar-refractivity contribution >= 4 is 12.0 Å². The van der Waals surface area contributed by atoms with Crippen LogP contribution in [0.5, 0.6) is 0 Å². The Morgan fingerprint density at radius 3 is 2.47 bits per heavy atom. The smallest absolute Gasteiger partial charge is 0.329 e. The summed E-state index contributed by atoms with van der Waals surface area (Å²) in [5.74, 6) is -0.959. The van der Waals surface area contributed by atoms with Crippen LogP contribution in [0.3, 0.4) is 0 Å². The number of urea groups is 1. The molecule has 0 aliphatic carbocycles. The SMILES string of the molecule is C=C(C)CN(C)C(=O)N1CCC(OCC(=O)O)CC1. The number of piperidine rings is 1. The number of hydrogen-bond acceptors (Lipinski definition) is 3. The van der Waals surface area contributed by atoms with Crippen LogP contribution in [0.15, 0.2) is 12.2 Å². The molecule has 1 aliphatic rings. The third kappa shape index (κ3) is 5.30. The number of hydrogen-bond donors (Lipinski definition) is 1. The first-order valence-electron chi connectivity index (χ1n) is 6.38. The molecule has 1 fully saturated rings. The molecular formula is C13H22N2O4. The standard InChI is InChI=1S/C13H22N2O4/c1-10(2)8-14(3)13(18)15-6-4-11(5-7-15)19-9-12(16)17/h11H,1,4-9H2,2-3H3,(H,16,17). The molecule has 0 aromatic rings. The number of carbonyl (C=O) groups is 2. The lowest BCUT2D eigenvalue weighted by atomic mass is 10.1. The second-order valence-electron chi connectivity index (χ2n) is 4.99. The van der Waals surface area contributed by atoms with Crippen molar-refractivity contribution in [3.63, 3.8) is 0 Å². The minimum Gasteiger partial charge on any atom is -0.480 e. The van der Waals surface area contributed by atoms with Crippen LogP contribution in [-0.4, -0.2) is 66.3 Å².